The summed E-state index contributed by atoms with van der Waals surface area (Å²) >= 11 is 0. The molecule has 1 aliphatic rings. The fraction of sp³-hybridized carbons (Fsp3) is 1.00. The summed E-state index contributed by atoms with van der Waals surface area (Å²) in [4.78, 5) is 0. The van der Waals surface area contributed by atoms with Crippen molar-refractivity contribution in [3.63, 3.8) is 0 Å². The largest absolute Gasteiger partial charge is 0.378 e. The highest BCUT2D eigenvalue weighted by Crippen LogP contribution is 2.42. The number of rotatable bonds is 6. The molecule has 90 valence electrons. The third kappa shape index (κ3) is 3.18. The third-order valence-electron chi connectivity index (χ3n) is 3.64. The average molecular weight is 213 g/mol. The summed E-state index contributed by atoms with van der Waals surface area (Å²) in [5.41, 5.74) is 0.312. The lowest BCUT2D eigenvalue weighted by molar-refractivity contribution is -0.119. The summed E-state index contributed by atoms with van der Waals surface area (Å²) in [7, 11) is 0. The minimum absolute atomic E-state index is 0.312. The Bertz CT molecular complexity index is 189. The number of hydrogen-bond acceptors (Lipinski definition) is 2. The molecule has 2 atom stereocenters. The van der Waals surface area contributed by atoms with Gasteiger partial charge in [-0.3, -0.25) is 0 Å². The van der Waals surface area contributed by atoms with E-state index in [1.807, 2.05) is 0 Å². The van der Waals surface area contributed by atoms with Gasteiger partial charge in [0.2, 0.25) is 0 Å². The van der Waals surface area contributed by atoms with Crippen LogP contribution in [0.15, 0.2) is 0 Å². The standard InChI is InChI=1S/C13H27NO/c1-6-14-11-9-12(13(11,4)5)15-8-7-10(2)3/h10-12,14H,6-9H2,1-5H3. The van der Waals surface area contributed by atoms with E-state index >= 15 is 0 Å². The molecule has 1 saturated carbocycles. The Balaban J connectivity index is 2.23. The second-order valence-electron chi connectivity index (χ2n) is 5.71. The van der Waals surface area contributed by atoms with Gasteiger partial charge in [-0.1, -0.05) is 34.6 Å². The van der Waals surface area contributed by atoms with Gasteiger partial charge >= 0.3 is 0 Å². The molecule has 0 bridgehead atoms. The summed E-state index contributed by atoms with van der Waals surface area (Å²) < 4.78 is 5.94. The minimum atomic E-state index is 0.312. The van der Waals surface area contributed by atoms with Crippen LogP contribution in [-0.2, 0) is 4.74 Å². The molecule has 1 N–H and O–H groups in total. The lowest BCUT2D eigenvalue weighted by Gasteiger charge is -2.52. The minimum Gasteiger partial charge on any atom is -0.378 e. The molecule has 0 heterocycles. The molecule has 0 spiro atoms. The zero-order valence-electron chi connectivity index (χ0n) is 11.0. The van der Waals surface area contributed by atoms with Gasteiger partial charge in [0.15, 0.2) is 0 Å². The van der Waals surface area contributed by atoms with Gasteiger partial charge in [0, 0.05) is 18.1 Å². The van der Waals surface area contributed by atoms with Crippen molar-refractivity contribution in [2.24, 2.45) is 11.3 Å². The fourth-order valence-corrected chi connectivity index (χ4v) is 2.21. The molecule has 1 aliphatic carbocycles. The van der Waals surface area contributed by atoms with E-state index in [9.17, 15) is 0 Å². The molecule has 0 saturated heterocycles. The van der Waals surface area contributed by atoms with Crippen LogP contribution in [0.1, 0.15) is 47.5 Å². The van der Waals surface area contributed by atoms with Crippen molar-refractivity contribution >= 4 is 0 Å². The number of hydrogen-bond donors (Lipinski definition) is 1. The van der Waals surface area contributed by atoms with Crippen LogP contribution >= 0.6 is 0 Å². The first-order chi connectivity index (χ1) is 6.98. The maximum atomic E-state index is 5.94. The topological polar surface area (TPSA) is 21.3 Å². The van der Waals surface area contributed by atoms with E-state index in [0.29, 0.717) is 17.6 Å². The van der Waals surface area contributed by atoms with Crippen molar-refractivity contribution in [1.29, 1.82) is 0 Å². The predicted octanol–water partition coefficient (Wildman–Crippen LogP) is 2.83. The Morgan fingerprint density at radius 3 is 2.53 bits per heavy atom. The van der Waals surface area contributed by atoms with Gasteiger partial charge in [-0.2, -0.15) is 0 Å². The summed E-state index contributed by atoms with van der Waals surface area (Å²) in [6, 6.07) is 0.645. The smallest absolute Gasteiger partial charge is 0.0655 e. The molecule has 1 rings (SSSR count). The second-order valence-corrected chi connectivity index (χ2v) is 5.71. The predicted molar refractivity (Wildman–Crippen MR) is 65.1 cm³/mol. The first-order valence-corrected chi connectivity index (χ1v) is 6.33. The van der Waals surface area contributed by atoms with Crippen LogP contribution in [0.3, 0.4) is 0 Å². The summed E-state index contributed by atoms with van der Waals surface area (Å²) in [6.45, 7) is 13.3. The van der Waals surface area contributed by atoms with Crippen molar-refractivity contribution in [3.8, 4) is 0 Å². The molecule has 0 amide bonds. The van der Waals surface area contributed by atoms with Crippen LogP contribution in [0.5, 0.6) is 0 Å². The molecule has 15 heavy (non-hydrogen) atoms. The van der Waals surface area contributed by atoms with Crippen LogP contribution in [0.4, 0.5) is 0 Å². The highest BCUT2D eigenvalue weighted by atomic mass is 16.5. The maximum Gasteiger partial charge on any atom is 0.0655 e. The van der Waals surface area contributed by atoms with Crippen molar-refractivity contribution in [3.05, 3.63) is 0 Å². The first kappa shape index (κ1) is 13.0. The number of nitrogens with one attached hydrogen (secondary N) is 1. The van der Waals surface area contributed by atoms with Gasteiger partial charge in [-0.05, 0) is 25.3 Å². The Labute approximate surface area is 94.8 Å². The molecule has 0 aromatic rings. The van der Waals surface area contributed by atoms with Crippen molar-refractivity contribution in [1.82, 2.24) is 5.32 Å². The van der Waals surface area contributed by atoms with E-state index in [2.05, 4.69) is 39.9 Å². The van der Waals surface area contributed by atoms with Gasteiger partial charge in [0.25, 0.3) is 0 Å². The van der Waals surface area contributed by atoms with Gasteiger partial charge < -0.3 is 10.1 Å². The van der Waals surface area contributed by atoms with Gasteiger partial charge in [-0.25, -0.2) is 0 Å². The molecule has 0 aromatic heterocycles. The third-order valence-corrected chi connectivity index (χ3v) is 3.64. The maximum absolute atomic E-state index is 5.94. The van der Waals surface area contributed by atoms with Crippen molar-refractivity contribution in [2.45, 2.75) is 59.6 Å². The molecular weight excluding hydrogens is 186 g/mol. The molecular formula is C13H27NO. The Hall–Kier alpha value is -0.0800. The van der Waals surface area contributed by atoms with Crippen LogP contribution in [0.2, 0.25) is 0 Å². The van der Waals surface area contributed by atoms with E-state index in [1.165, 1.54) is 12.8 Å². The molecule has 0 aliphatic heterocycles. The van der Waals surface area contributed by atoms with Crippen LogP contribution < -0.4 is 5.32 Å². The quantitative estimate of drug-likeness (QED) is 0.732. The normalized spacial score (nSPS) is 29.2. The Kier molecular flexibility index (Phi) is 4.60. The van der Waals surface area contributed by atoms with Gasteiger partial charge in [0.1, 0.15) is 0 Å². The van der Waals surface area contributed by atoms with E-state index in [1.54, 1.807) is 0 Å². The molecule has 1 fully saturated rings. The lowest BCUT2D eigenvalue weighted by Crippen LogP contribution is -2.60. The van der Waals surface area contributed by atoms with E-state index in [0.717, 1.165) is 19.1 Å². The van der Waals surface area contributed by atoms with Crippen molar-refractivity contribution in [2.75, 3.05) is 13.2 Å². The summed E-state index contributed by atoms with van der Waals surface area (Å²) in [5.74, 6) is 0.748. The van der Waals surface area contributed by atoms with Crippen LogP contribution in [-0.4, -0.2) is 25.3 Å². The monoisotopic (exact) mass is 213 g/mol. The average Bonchev–Trinajstić information content (AvgIpc) is 2.15. The summed E-state index contributed by atoms with van der Waals surface area (Å²) in [6.07, 6.45) is 2.82. The van der Waals surface area contributed by atoms with E-state index < -0.39 is 0 Å². The molecule has 2 unspecified atom stereocenters. The van der Waals surface area contributed by atoms with E-state index in [4.69, 9.17) is 4.74 Å². The Morgan fingerprint density at radius 1 is 1.40 bits per heavy atom. The number of ether oxygens (including phenoxy) is 1. The lowest BCUT2D eigenvalue weighted by atomic mass is 9.64. The highest BCUT2D eigenvalue weighted by Gasteiger charge is 2.48. The zero-order valence-corrected chi connectivity index (χ0v) is 11.0. The van der Waals surface area contributed by atoms with Crippen LogP contribution in [0.25, 0.3) is 0 Å². The van der Waals surface area contributed by atoms with Crippen molar-refractivity contribution < 1.29 is 4.74 Å². The van der Waals surface area contributed by atoms with Gasteiger partial charge in [0.05, 0.1) is 6.10 Å². The van der Waals surface area contributed by atoms with Crippen LogP contribution in [0, 0.1) is 11.3 Å². The fourth-order valence-electron chi connectivity index (χ4n) is 2.21. The first-order valence-electron chi connectivity index (χ1n) is 6.33. The molecule has 0 radical (unpaired) electrons. The molecule has 2 nitrogen and oxygen atoms in total. The molecule has 2 heteroatoms. The summed E-state index contributed by atoms with van der Waals surface area (Å²) in [5, 5.41) is 3.52. The molecule has 0 aromatic carbocycles. The van der Waals surface area contributed by atoms with E-state index in [-0.39, 0.29) is 0 Å². The second kappa shape index (κ2) is 5.31. The van der Waals surface area contributed by atoms with Gasteiger partial charge in [-0.15, -0.1) is 0 Å². The highest BCUT2D eigenvalue weighted by molar-refractivity contribution is 5.02. The Morgan fingerprint density at radius 2 is 2.07 bits per heavy atom. The zero-order chi connectivity index (χ0) is 11.5. The SMILES string of the molecule is CCNC1CC(OCCC(C)C)C1(C)C.